The van der Waals surface area contributed by atoms with Gasteiger partial charge in [0, 0.05) is 6.42 Å². The lowest BCUT2D eigenvalue weighted by molar-refractivity contribution is -0.125. The summed E-state index contributed by atoms with van der Waals surface area (Å²) in [7, 11) is 0. The van der Waals surface area contributed by atoms with Crippen LogP contribution in [0, 0.1) is 24.2 Å². The van der Waals surface area contributed by atoms with Gasteiger partial charge in [0.15, 0.2) is 0 Å². The van der Waals surface area contributed by atoms with E-state index in [0.29, 0.717) is 12.3 Å². The molecule has 3 heteroatoms. The quantitative estimate of drug-likeness (QED) is 0.741. The number of hydrogen-bond acceptors (Lipinski definition) is 3. The van der Waals surface area contributed by atoms with Crippen LogP contribution < -0.4 is 0 Å². The number of furan rings is 1. The first-order chi connectivity index (χ1) is 8.43. The molecule has 0 saturated heterocycles. The zero-order valence-corrected chi connectivity index (χ0v) is 11.3. The number of aliphatic hydroxyl groups excluding tert-OH is 2. The van der Waals surface area contributed by atoms with Crippen LogP contribution in [0.2, 0.25) is 0 Å². The number of hydrogen-bond donors (Lipinski definition) is 2. The smallest absolute Gasteiger partial charge is 0.107 e. The Morgan fingerprint density at radius 3 is 2.83 bits per heavy atom. The highest BCUT2D eigenvalue weighted by atomic mass is 16.3. The SMILES string of the molecule is Cc1coc2c1CC1(C)C(C2)CC(O)C(O)C1C. The molecule has 1 aromatic heterocycles. The van der Waals surface area contributed by atoms with Crippen molar-refractivity contribution in [2.75, 3.05) is 0 Å². The topological polar surface area (TPSA) is 53.6 Å². The zero-order valence-electron chi connectivity index (χ0n) is 11.3. The normalized spacial score (nSPS) is 43.4. The van der Waals surface area contributed by atoms with E-state index in [1.165, 1.54) is 11.1 Å². The molecule has 1 aromatic rings. The highest BCUT2D eigenvalue weighted by Crippen LogP contribution is 2.52. The van der Waals surface area contributed by atoms with Crippen LogP contribution in [0.4, 0.5) is 0 Å². The van der Waals surface area contributed by atoms with Crippen molar-refractivity contribution in [1.82, 2.24) is 0 Å². The van der Waals surface area contributed by atoms with Crippen molar-refractivity contribution in [3.8, 4) is 0 Å². The largest absolute Gasteiger partial charge is 0.469 e. The standard InChI is InChI=1S/C15H22O3/c1-8-7-18-13-5-10-4-12(16)14(17)9(2)15(10,3)6-11(8)13/h7,9-10,12,14,16-17H,4-6H2,1-3H3. The molecule has 18 heavy (non-hydrogen) atoms. The first kappa shape index (κ1) is 12.2. The average molecular weight is 250 g/mol. The van der Waals surface area contributed by atoms with Gasteiger partial charge in [-0.1, -0.05) is 13.8 Å². The Hall–Kier alpha value is -0.800. The van der Waals surface area contributed by atoms with Gasteiger partial charge in [0.25, 0.3) is 0 Å². The lowest BCUT2D eigenvalue weighted by Crippen LogP contribution is -2.54. The highest BCUT2D eigenvalue weighted by Gasteiger charge is 2.52. The van der Waals surface area contributed by atoms with E-state index in [1.807, 2.05) is 6.26 Å². The highest BCUT2D eigenvalue weighted by molar-refractivity contribution is 5.32. The van der Waals surface area contributed by atoms with Crippen LogP contribution >= 0.6 is 0 Å². The number of aliphatic hydroxyl groups is 2. The predicted molar refractivity (Wildman–Crippen MR) is 68.2 cm³/mol. The summed E-state index contributed by atoms with van der Waals surface area (Å²) in [5.74, 6) is 1.61. The summed E-state index contributed by atoms with van der Waals surface area (Å²) in [5.41, 5.74) is 2.61. The maximum absolute atomic E-state index is 10.1. The molecule has 1 heterocycles. The molecule has 0 aliphatic heterocycles. The van der Waals surface area contributed by atoms with Gasteiger partial charge in [0.05, 0.1) is 18.5 Å². The van der Waals surface area contributed by atoms with E-state index in [1.54, 1.807) is 0 Å². The third kappa shape index (κ3) is 1.50. The summed E-state index contributed by atoms with van der Waals surface area (Å²) in [5, 5.41) is 20.1. The second-order valence-corrected chi connectivity index (χ2v) is 6.49. The Kier molecular flexibility index (Phi) is 2.62. The van der Waals surface area contributed by atoms with Gasteiger partial charge in [-0.3, -0.25) is 0 Å². The molecular weight excluding hydrogens is 228 g/mol. The Labute approximate surface area is 108 Å². The fraction of sp³-hybridized carbons (Fsp3) is 0.733. The summed E-state index contributed by atoms with van der Waals surface area (Å²) in [6.45, 7) is 6.41. The Bertz CT molecular complexity index is 464. The molecule has 1 saturated carbocycles. The minimum atomic E-state index is -0.597. The molecular formula is C15H22O3. The third-order valence-corrected chi connectivity index (χ3v) is 5.59. The lowest BCUT2D eigenvalue weighted by Gasteiger charge is -2.52. The second kappa shape index (κ2) is 3.84. The van der Waals surface area contributed by atoms with Gasteiger partial charge >= 0.3 is 0 Å². The van der Waals surface area contributed by atoms with E-state index in [9.17, 15) is 10.2 Å². The van der Waals surface area contributed by atoms with E-state index in [-0.39, 0.29) is 11.3 Å². The van der Waals surface area contributed by atoms with Gasteiger partial charge in [-0.2, -0.15) is 0 Å². The number of rotatable bonds is 0. The van der Waals surface area contributed by atoms with Crippen molar-refractivity contribution < 1.29 is 14.6 Å². The van der Waals surface area contributed by atoms with Gasteiger partial charge in [-0.25, -0.2) is 0 Å². The van der Waals surface area contributed by atoms with Crippen LogP contribution in [0.3, 0.4) is 0 Å². The maximum atomic E-state index is 10.1. The number of aryl methyl sites for hydroxylation is 1. The Morgan fingerprint density at radius 2 is 2.11 bits per heavy atom. The number of fused-ring (bicyclic) bond motifs is 2. The molecule has 0 aromatic carbocycles. The minimum Gasteiger partial charge on any atom is -0.469 e. The first-order valence-electron chi connectivity index (χ1n) is 6.85. The maximum Gasteiger partial charge on any atom is 0.107 e. The summed E-state index contributed by atoms with van der Waals surface area (Å²) >= 11 is 0. The van der Waals surface area contributed by atoms with Gasteiger partial charge in [-0.05, 0) is 48.1 Å². The summed E-state index contributed by atoms with van der Waals surface area (Å²) in [4.78, 5) is 0. The van der Waals surface area contributed by atoms with Crippen molar-refractivity contribution in [2.45, 2.75) is 52.2 Å². The third-order valence-electron chi connectivity index (χ3n) is 5.59. The minimum absolute atomic E-state index is 0.0697. The van der Waals surface area contributed by atoms with Gasteiger partial charge in [-0.15, -0.1) is 0 Å². The molecule has 2 aliphatic carbocycles. The van der Waals surface area contributed by atoms with Crippen LogP contribution in [0.5, 0.6) is 0 Å². The predicted octanol–water partition coefficient (Wildman–Crippen LogP) is 2.07. The molecule has 3 nitrogen and oxygen atoms in total. The van der Waals surface area contributed by atoms with Gasteiger partial charge < -0.3 is 14.6 Å². The van der Waals surface area contributed by atoms with E-state index in [0.717, 1.165) is 18.6 Å². The van der Waals surface area contributed by atoms with Crippen LogP contribution in [0.15, 0.2) is 10.7 Å². The molecule has 1 fully saturated rings. The lowest BCUT2D eigenvalue weighted by atomic mass is 9.54. The average Bonchev–Trinajstić information content (AvgIpc) is 2.67. The Morgan fingerprint density at radius 1 is 1.39 bits per heavy atom. The molecule has 0 spiro atoms. The van der Waals surface area contributed by atoms with Gasteiger partial charge in [0.2, 0.25) is 0 Å². The van der Waals surface area contributed by atoms with Crippen molar-refractivity contribution >= 4 is 0 Å². The van der Waals surface area contributed by atoms with Crippen LogP contribution in [-0.4, -0.2) is 22.4 Å². The monoisotopic (exact) mass is 250 g/mol. The molecule has 2 aliphatic rings. The van der Waals surface area contributed by atoms with E-state index in [4.69, 9.17) is 4.42 Å². The van der Waals surface area contributed by atoms with Crippen molar-refractivity contribution in [2.24, 2.45) is 17.3 Å². The van der Waals surface area contributed by atoms with Crippen LogP contribution in [0.1, 0.15) is 37.2 Å². The fourth-order valence-electron chi connectivity index (χ4n) is 3.95. The molecule has 5 unspecified atom stereocenters. The molecule has 0 radical (unpaired) electrons. The summed E-state index contributed by atoms with van der Waals surface area (Å²) in [6, 6.07) is 0. The first-order valence-corrected chi connectivity index (χ1v) is 6.85. The fourth-order valence-corrected chi connectivity index (χ4v) is 3.95. The van der Waals surface area contributed by atoms with E-state index < -0.39 is 12.2 Å². The summed E-state index contributed by atoms with van der Waals surface area (Å²) in [6.07, 6.45) is 3.19. The molecule has 0 bridgehead atoms. The Balaban J connectivity index is 2.01. The zero-order chi connectivity index (χ0) is 13.1. The van der Waals surface area contributed by atoms with Crippen LogP contribution in [-0.2, 0) is 12.8 Å². The van der Waals surface area contributed by atoms with E-state index in [2.05, 4.69) is 20.8 Å². The summed E-state index contributed by atoms with van der Waals surface area (Å²) < 4.78 is 5.63. The second-order valence-electron chi connectivity index (χ2n) is 6.49. The van der Waals surface area contributed by atoms with Crippen molar-refractivity contribution in [3.63, 3.8) is 0 Å². The molecule has 2 N–H and O–H groups in total. The van der Waals surface area contributed by atoms with Gasteiger partial charge in [0.1, 0.15) is 5.76 Å². The van der Waals surface area contributed by atoms with Crippen molar-refractivity contribution in [3.05, 3.63) is 23.2 Å². The van der Waals surface area contributed by atoms with E-state index >= 15 is 0 Å². The molecule has 3 rings (SSSR count). The molecule has 0 amide bonds. The van der Waals surface area contributed by atoms with Crippen molar-refractivity contribution in [1.29, 1.82) is 0 Å². The molecule has 5 atom stereocenters. The van der Waals surface area contributed by atoms with Crippen LogP contribution in [0.25, 0.3) is 0 Å². The molecule has 100 valence electrons.